The second kappa shape index (κ2) is 7.25. The van der Waals surface area contributed by atoms with Gasteiger partial charge in [0.2, 0.25) is 5.78 Å². The SMILES string of the molecule is C=C(c1cccc2ccccc12)C1(OC)OC(CC)(CC)c2ccccc2C1=O. The number of rotatable bonds is 5. The number of carbonyl (C=O) groups is 1. The molecule has 4 rings (SSSR count). The zero-order valence-corrected chi connectivity index (χ0v) is 17.2. The van der Waals surface area contributed by atoms with Crippen LogP contribution < -0.4 is 0 Å². The smallest absolute Gasteiger partial charge is 0.261 e. The van der Waals surface area contributed by atoms with Crippen molar-refractivity contribution in [2.75, 3.05) is 7.11 Å². The molecule has 1 aliphatic heterocycles. The molecule has 0 aromatic heterocycles. The number of hydrogen-bond acceptors (Lipinski definition) is 3. The van der Waals surface area contributed by atoms with Gasteiger partial charge in [-0.2, -0.15) is 0 Å². The van der Waals surface area contributed by atoms with Gasteiger partial charge in [0.1, 0.15) is 0 Å². The summed E-state index contributed by atoms with van der Waals surface area (Å²) in [5.41, 5.74) is 2.34. The summed E-state index contributed by atoms with van der Waals surface area (Å²) in [4.78, 5) is 13.7. The Kier molecular flexibility index (Phi) is 4.89. The number of carbonyl (C=O) groups excluding carboxylic acids is 1. The molecule has 3 aromatic carbocycles. The molecule has 0 saturated heterocycles. The van der Waals surface area contributed by atoms with Gasteiger partial charge in [-0.1, -0.05) is 87.2 Å². The van der Waals surface area contributed by atoms with E-state index in [4.69, 9.17) is 9.47 Å². The fraction of sp³-hybridized carbons (Fsp3) is 0.269. The number of hydrogen-bond donors (Lipinski definition) is 0. The van der Waals surface area contributed by atoms with Gasteiger partial charge in [-0.3, -0.25) is 4.79 Å². The zero-order chi connectivity index (χ0) is 20.6. The van der Waals surface area contributed by atoms with Crippen LogP contribution in [0.15, 0.2) is 73.3 Å². The Labute approximate surface area is 172 Å². The second-order valence-electron chi connectivity index (χ2n) is 7.50. The molecular formula is C26H26O3. The van der Waals surface area contributed by atoms with Crippen molar-refractivity contribution in [2.24, 2.45) is 0 Å². The van der Waals surface area contributed by atoms with Gasteiger partial charge in [0, 0.05) is 18.2 Å². The van der Waals surface area contributed by atoms with Crippen molar-refractivity contribution in [3.05, 3.63) is 90.0 Å². The first-order chi connectivity index (χ1) is 14.0. The fourth-order valence-corrected chi connectivity index (χ4v) is 4.53. The number of ether oxygens (including phenoxy) is 2. The lowest BCUT2D eigenvalue weighted by molar-refractivity contribution is -0.228. The van der Waals surface area contributed by atoms with Crippen molar-refractivity contribution in [3.63, 3.8) is 0 Å². The number of Topliss-reactive ketones (excluding diaryl/α,β-unsaturated/α-hetero) is 1. The highest BCUT2D eigenvalue weighted by Gasteiger charge is 2.55. The molecule has 1 atom stereocenters. The zero-order valence-electron chi connectivity index (χ0n) is 17.2. The summed E-state index contributed by atoms with van der Waals surface area (Å²) in [7, 11) is 1.53. The van der Waals surface area contributed by atoms with Crippen molar-refractivity contribution >= 4 is 22.1 Å². The third-order valence-electron chi connectivity index (χ3n) is 6.24. The van der Waals surface area contributed by atoms with E-state index in [0.717, 1.165) is 34.7 Å². The summed E-state index contributed by atoms with van der Waals surface area (Å²) in [5.74, 6) is -1.77. The summed E-state index contributed by atoms with van der Waals surface area (Å²) in [6.07, 6.45) is 1.45. The molecule has 0 N–H and O–H groups in total. The van der Waals surface area contributed by atoms with Gasteiger partial charge in [-0.25, -0.2) is 0 Å². The molecule has 0 saturated carbocycles. The van der Waals surface area contributed by atoms with Crippen LogP contribution in [0.2, 0.25) is 0 Å². The van der Waals surface area contributed by atoms with E-state index in [9.17, 15) is 4.79 Å². The standard InChI is InChI=1S/C26H26O3/c1-5-25(6-2)23-17-10-9-15-22(23)24(27)26(28-4,29-25)18(3)20-16-11-13-19-12-7-8-14-21(19)20/h7-17H,3,5-6H2,1-2,4H3. The number of benzene rings is 3. The van der Waals surface area contributed by atoms with Gasteiger partial charge in [-0.05, 0) is 34.7 Å². The molecule has 1 aliphatic rings. The molecule has 148 valence electrons. The van der Waals surface area contributed by atoms with Crippen LogP contribution >= 0.6 is 0 Å². The Morgan fingerprint density at radius 1 is 0.966 bits per heavy atom. The van der Waals surface area contributed by atoms with Crippen LogP contribution in [-0.2, 0) is 15.1 Å². The van der Waals surface area contributed by atoms with Crippen LogP contribution in [0, 0.1) is 0 Å². The van der Waals surface area contributed by atoms with E-state index in [1.165, 1.54) is 7.11 Å². The quantitative estimate of drug-likeness (QED) is 0.529. The molecule has 0 bridgehead atoms. The normalized spacial score (nSPS) is 20.4. The number of ketones is 1. The largest absolute Gasteiger partial charge is 0.343 e. The van der Waals surface area contributed by atoms with Crippen molar-refractivity contribution in [1.82, 2.24) is 0 Å². The summed E-state index contributed by atoms with van der Waals surface area (Å²) in [6.45, 7) is 8.49. The van der Waals surface area contributed by atoms with Gasteiger partial charge < -0.3 is 9.47 Å². The average molecular weight is 386 g/mol. The van der Waals surface area contributed by atoms with E-state index in [1.54, 1.807) is 0 Å². The van der Waals surface area contributed by atoms with E-state index in [2.05, 4.69) is 20.4 Å². The van der Waals surface area contributed by atoms with Crippen LogP contribution in [0.1, 0.15) is 48.2 Å². The fourth-order valence-electron chi connectivity index (χ4n) is 4.53. The summed E-state index contributed by atoms with van der Waals surface area (Å²) in [5, 5.41) is 2.10. The molecule has 3 heteroatoms. The van der Waals surface area contributed by atoms with E-state index >= 15 is 0 Å². The first-order valence-electron chi connectivity index (χ1n) is 10.1. The molecule has 29 heavy (non-hydrogen) atoms. The maximum atomic E-state index is 13.7. The van der Waals surface area contributed by atoms with Crippen LogP contribution in [-0.4, -0.2) is 18.7 Å². The highest BCUT2D eigenvalue weighted by atomic mass is 16.7. The van der Waals surface area contributed by atoms with Gasteiger partial charge in [0.25, 0.3) is 5.79 Å². The van der Waals surface area contributed by atoms with Gasteiger partial charge in [0.05, 0.1) is 5.60 Å². The summed E-state index contributed by atoms with van der Waals surface area (Å²) in [6, 6.07) is 21.8. The topological polar surface area (TPSA) is 35.5 Å². The van der Waals surface area contributed by atoms with E-state index in [1.807, 2.05) is 66.7 Å². The van der Waals surface area contributed by atoms with Crippen LogP contribution in [0.4, 0.5) is 0 Å². The molecule has 0 spiro atoms. The minimum Gasteiger partial charge on any atom is -0.343 e. The first-order valence-corrected chi connectivity index (χ1v) is 10.1. The first kappa shape index (κ1) is 19.6. The lowest BCUT2D eigenvalue weighted by Crippen LogP contribution is -2.54. The maximum Gasteiger partial charge on any atom is 0.261 e. The number of methoxy groups -OCH3 is 1. The van der Waals surface area contributed by atoms with E-state index in [-0.39, 0.29) is 5.78 Å². The molecular weight excluding hydrogens is 360 g/mol. The lowest BCUT2D eigenvalue weighted by Gasteiger charge is -2.47. The molecule has 1 unspecified atom stereocenters. The Morgan fingerprint density at radius 3 is 2.34 bits per heavy atom. The predicted molar refractivity (Wildman–Crippen MR) is 117 cm³/mol. The maximum absolute atomic E-state index is 13.7. The van der Waals surface area contributed by atoms with E-state index < -0.39 is 11.4 Å². The van der Waals surface area contributed by atoms with Crippen molar-refractivity contribution in [2.45, 2.75) is 38.1 Å². The van der Waals surface area contributed by atoms with Crippen molar-refractivity contribution < 1.29 is 14.3 Å². The third-order valence-corrected chi connectivity index (χ3v) is 6.24. The lowest BCUT2D eigenvalue weighted by atomic mass is 9.77. The van der Waals surface area contributed by atoms with Crippen molar-refractivity contribution in [3.8, 4) is 0 Å². The Balaban J connectivity index is 1.95. The minimum atomic E-state index is -1.56. The van der Waals surface area contributed by atoms with E-state index in [0.29, 0.717) is 11.1 Å². The summed E-state index contributed by atoms with van der Waals surface area (Å²) < 4.78 is 12.5. The molecule has 0 aliphatic carbocycles. The predicted octanol–water partition coefficient (Wildman–Crippen LogP) is 6.12. The molecule has 3 nitrogen and oxygen atoms in total. The third kappa shape index (κ3) is 2.77. The molecule has 0 fully saturated rings. The monoisotopic (exact) mass is 386 g/mol. The van der Waals surface area contributed by atoms with Gasteiger partial charge in [0.15, 0.2) is 0 Å². The average Bonchev–Trinajstić information content (AvgIpc) is 2.79. The highest BCUT2D eigenvalue weighted by Crippen LogP contribution is 2.49. The van der Waals surface area contributed by atoms with Crippen LogP contribution in [0.3, 0.4) is 0 Å². The van der Waals surface area contributed by atoms with Gasteiger partial charge >= 0.3 is 0 Å². The number of fused-ring (bicyclic) bond motifs is 2. The molecule has 0 amide bonds. The Morgan fingerprint density at radius 2 is 1.62 bits per heavy atom. The van der Waals surface area contributed by atoms with Crippen LogP contribution in [0.25, 0.3) is 16.3 Å². The van der Waals surface area contributed by atoms with Crippen LogP contribution in [0.5, 0.6) is 0 Å². The Bertz CT molecular complexity index is 1090. The van der Waals surface area contributed by atoms with Crippen molar-refractivity contribution in [1.29, 1.82) is 0 Å². The molecule has 0 radical (unpaired) electrons. The Hall–Kier alpha value is -2.75. The molecule has 1 heterocycles. The molecule has 3 aromatic rings. The minimum absolute atomic E-state index is 0.203. The highest BCUT2D eigenvalue weighted by molar-refractivity contribution is 6.13. The van der Waals surface area contributed by atoms with Gasteiger partial charge in [-0.15, -0.1) is 0 Å². The summed E-state index contributed by atoms with van der Waals surface area (Å²) >= 11 is 0. The second-order valence-corrected chi connectivity index (χ2v) is 7.50.